The number of unbranched alkanes of at least 4 members (excludes halogenated alkanes) is 2. The predicted molar refractivity (Wildman–Crippen MR) is 219 cm³/mol. The van der Waals surface area contributed by atoms with Crippen molar-refractivity contribution in [3.05, 3.63) is 41.9 Å². The van der Waals surface area contributed by atoms with Crippen LogP contribution in [0.15, 0.2) is 30.6 Å². The van der Waals surface area contributed by atoms with Crippen molar-refractivity contribution >= 4 is 34.8 Å². The molecule has 5 heterocycles. The standard InChI is InChI=1S/C36H50N8O3.C5H12.C2H6/c1-35(2,3)47-34(46)43-17-14-36(43)19-24(20-36)23-42-15-12-25(13-16-42)26-10-11-30(37-21-26)39-33-38-22-27-18-29(32(45)41(4)5)44(31(27)40-33)28-8-6-7-9-28;1-3-5-4-2;1-2/h10-11,18,21-22,24-25,28H,6-9,12-17,19-20,23H2,1-5H3,(H,37,38,39,40);3-5H2,1-2H3;1-2H3. The minimum absolute atomic E-state index is 0.00998. The van der Waals surface area contributed by atoms with E-state index in [-0.39, 0.29) is 23.6 Å². The van der Waals surface area contributed by atoms with Crippen LogP contribution >= 0.6 is 0 Å². The predicted octanol–water partition coefficient (Wildman–Crippen LogP) is 9.58. The molecule has 3 aromatic heterocycles. The Bertz CT molecular complexity index is 1660. The lowest BCUT2D eigenvalue weighted by Gasteiger charge is -2.61. The number of aromatic nitrogens is 4. The Kier molecular flexibility index (Phi) is 14.0. The van der Waals surface area contributed by atoms with E-state index in [1.807, 2.05) is 57.8 Å². The molecule has 1 N–H and O–H groups in total. The molecule has 2 saturated heterocycles. The average molecular weight is 745 g/mol. The van der Waals surface area contributed by atoms with Crippen LogP contribution in [0.4, 0.5) is 16.6 Å². The third-order valence-corrected chi connectivity index (χ3v) is 11.5. The lowest BCUT2D eigenvalue weighted by atomic mass is 9.61. The first-order chi connectivity index (χ1) is 25.9. The second-order valence-corrected chi connectivity index (χ2v) is 16.9. The van der Waals surface area contributed by atoms with E-state index in [9.17, 15) is 9.59 Å². The van der Waals surface area contributed by atoms with Gasteiger partial charge in [0.2, 0.25) is 5.95 Å². The van der Waals surface area contributed by atoms with Gasteiger partial charge in [0.1, 0.15) is 22.8 Å². The van der Waals surface area contributed by atoms with E-state index >= 15 is 0 Å². The van der Waals surface area contributed by atoms with Crippen molar-refractivity contribution < 1.29 is 14.3 Å². The molecule has 0 bridgehead atoms. The monoisotopic (exact) mass is 745 g/mol. The quantitative estimate of drug-likeness (QED) is 0.231. The summed E-state index contributed by atoms with van der Waals surface area (Å²) in [5, 5.41) is 4.18. The van der Waals surface area contributed by atoms with Crippen LogP contribution < -0.4 is 5.32 Å². The third kappa shape index (κ3) is 9.73. The molecule has 11 heteroatoms. The second kappa shape index (κ2) is 18.3. The fourth-order valence-corrected chi connectivity index (χ4v) is 8.71. The third-order valence-electron chi connectivity index (χ3n) is 11.5. The molecule has 2 saturated carbocycles. The molecular formula is C43H68N8O3. The van der Waals surface area contributed by atoms with Crippen LogP contribution in [-0.2, 0) is 4.74 Å². The summed E-state index contributed by atoms with van der Waals surface area (Å²) in [4.78, 5) is 46.1. The number of ether oxygens (including phenoxy) is 1. The first-order valence-electron chi connectivity index (χ1n) is 20.9. The SMILES string of the molecule is CC.CCCCC.CN(C)C(=O)c1cc2cnc(Nc3ccc(C4CCN(CC5CC6(CCN6C(=O)OC(C)(C)C)C5)CC4)cn3)nc2n1C1CCCC1. The largest absolute Gasteiger partial charge is 0.444 e. The van der Waals surface area contributed by atoms with E-state index in [4.69, 9.17) is 14.7 Å². The normalized spacial score (nSPS) is 21.7. The molecule has 0 aromatic carbocycles. The van der Waals surface area contributed by atoms with Crippen molar-refractivity contribution in [3.63, 3.8) is 0 Å². The summed E-state index contributed by atoms with van der Waals surface area (Å²) >= 11 is 0. The molecule has 2 amide bonds. The smallest absolute Gasteiger partial charge is 0.410 e. The van der Waals surface area contributed by atoms with Gasteiger partial charge >= 0.3 is 6.09 Å². The zero-order chi connectivity index (χ0) is 39.0. The van der Waals surface area contributed by atoms with Crippen molar-refractivity contribution in [2.45, 2.75) is 149 Å². The average Bonchev–Trinajstić information content (AvgIpc) is 3.78. The van der Waals surface area contributed by atoms with Crippen LogP contribution in [0.25, 0.3) is 11.0 Å². The number of likely N-dealkylation sites (tertiary alicyclic amines) is 2. The van der Waals surface area contributed by atoms with Gasteiger partial charge in [-0.2, -0.15) is 4.98 Å². The van der Waals surface area contributed by atoms with Crippen molar-refractivity contribution in [2.75, 3.05) is 45.6 Å². The minimum Gasteiger partial charge on any atom is -0.444 e. The highest BCUT2D eigenvalue weighted by Crippen LogP contribution is 2.51. The zero-order valence-corrected chi connectivity index (χ0v) is 34.8. The molecule has 54 heavy (non-hydrogen) atoms. The van der Waals surface area contributed by atoms with E-state index in [0.29, 0.717) is 29.3 Å². The highest BCUT2D eigenvalue weighted by Gasteiger charge is 2.56. The number of rotatable bonds is 9. The van der Waals surface area contributed by atoms with Crippen molar-refractivity contribution in [1.29, 1.82) is 0 Å². The number of fused-ring (bicyclic) bond motifs is 1. The molecular weight excluding hydrogens is 677 g/mol. The molecule has 298 valence electrons. The number of pyridine rings is 1. The number of carbonyl (C=O) groups is 2. The van der Waals surface area contributed by atoms with Gasteiger partial charge in [-0.1, -0.05) is 65.9 Å². The summed E-state index contributed by atoms with van der Waals surface area (Å²) in [7, 11) is 3.58. The number of nitrogens with zero attached hydrogens (tertiary/aromatic N) is 7. The van der Waals surface area contributed by atoms with Crippen molar-refractivity contribution in [2.24, 2.45) is 5.92 Å². The number of carbonyl (C=O) groups excluding carboxylic acids is 2. The van der Waals surface area contributed by atoms with Crippen LogP contribution in [-0.4, -0.2) is 97.6 Å². The van der Waals surface area contributed by atoms with Gasteiger partial charge in [0.15, 0.2) is 0 Å². The van der Waals surface area contributed by atoms with Crippen LogP contribution in [0.1, 0.15) is 154 Å². The number of amides is 2. The van der Waals surface area contributed by atoms with Gasteiger partial charge in [0, 0.05) is 56.5 Å². The molecule has 0 atom stereocenters. The van der Waals surface area contributed by atoms with Crippen LogP contribution in [0, 0.1) is 5.92 Å². The molecule has 7 rings (SSSR count). The van der Waals surface area contributed by atoms with Gasteiger partial charge in [0.25, 0.3) is 5.91 Å². The van der Waals surface area contributed by atoms with E-state index in [1.54, 1.807) is 25.2 Å². The molecule has 0 radical (unpaired) electrons. The fourth-order valence-electron chi connectivity index (χ4n) is 8.71. The van der Waals surface area contributed by atoms with Crippen LogP contribution in [0.5, 0.6) is 0 Å². The summed E-state index contributed by atoms with van der Waals surface area (Å²) in [5.74, 6) is 2.35. The highest BCUT2D eigenvalue weighted by molar-refractivity contribution is 5.98. The zero-order valence-electron chi connectivity index (χ0n) is 34.8. The van der Waals surface area contributed by atoms with Gasteiger partial charge in [-0.25, -0.2) is 14.8 Å². The fraction of sp³-hybridized carbons (Fsp3) is 0.698. The first-order valence-corrected chi connectivity index (χ1v) is 20.9. The van der Waals surface area contributed by atoms with E-state index in [1.165, 1.54) is 37.7 Å². The number of nitrogens with one attached hydrogen (secondary N) is 1. The Morgan fingerprint density at radius 1 is 0.963 bits per heavy atom. The maximum Gasteiger partial charge on any atom is 0.410 e. The molecule has 3 aromatic rings. The summed E-state index contributed by atoms with van der Waals surface area (Å²) in [6.07, 6.45) is 17.7. The molecule has 11 nitrogen and oxygen atoms in total. The Morgan fingerprint density at radius 3 is 2.19 bits per heavy atom. The summed E-state index contributed by atoms with van der Waals surface area (Å²) in [6.45, 7) is 18.4. The molecule has 2 aliphatic carbocycles. The van der Waals surface area contributed by atoms with Gasteiger partial charge in [-0.3, -0.25) is 4.79 Å². The lowest BCUT2D eigenvalue weighted by molar-refractivity contribution is -0.108. The Morgan fingerprint density at radius 2 is 1.65 bits per heavy atom. The Hall–Kier alpha value is -3.73. The minimum atomic E-state index is -0.446. The van der Waals surface area contributed by atoms with Gasteiger partial charge in [0.05, 0.1) is 0 Å². The molecule has 4 aliphatic rings. The second-order valence-electron chi connectivity index (χ2n) is 16.9. The van der Waals surface area contributed by atoms with Crippen molar-refractivity contribution in [1.82, 2.24) is 34.2 Å². The number of piperidine rings is 1. The summed E-state index contributed by atoms with van der Waals surface area (Å²) < 4.78 is 7.78. The molecule has 0 unspecified atom stereocenters. The van der Waals surface area contributed by atoms with E-state index in [2.05, 4.69) is 39.7 Å². The molecule has 2 aliphatic heterocycles. The van der Waals surface area contributed by atoms with Crippen molar-refractivity contribution in [3.8, 4) is 0 Å². The molecule has 4 fully saturated rings. The number of hydrogen-bond donors (Lipinski definition) is 1. The maximum absolute atomic E-state index is 13.0. The first kappa shape index (κ1) is 41.4. The van der Waals surface area contributed by atoms with Gasteiger partial charge < -0.3 is 29.3 Å². The lowest BCUT2D eigenvalue weighted by Crippen LogP contribution is -2.69. The topological polar surface area (TPSA) is 109 Å². The van der Waals surface area contributed by atoms with Crippen LogP contribution in [0.3, 0.4) is 0 Å². The Balaban J connectivity index is 0.000000742. The number of anilines is 2. The van der Waals surface area contributed by atoms with E-state index in [0.717, 1.165) is 82.2 Å². The van der Waals surface area contributed by atoms with Gasteiger partial charge in [-0.05, 0) is 108 Å². The Labute approximate surface area is 324 Å². The highest BCUT2D eigenvalue weighted by atomic mass is 16.6. The van der Waals surface area contributed by atoms with E-state index < -0.39 is 5.60 Å². The maximum atomic E-state index is 13.0. The summed E-state index contributed by atoms with van der Waals surface area (Å²) in [6, 6.07) is 6.41. The van der Waals surface area contributed by atoms with Crippen LogP contribution in [0.2, 0.25) is 0 Å². The summed E-state index contributed by atoms with van der Waals surface area (Å²) in [5.41, 5.74) is 2.36. The molecule has 1 spiro atoms. The number of hydrogen-bond acceptors (Lipinski definition) is 8. The van der Waals surface area contributed by atoms with Gasteiger partial charge in [-0.15, -0.1) is 0 Å².